The Labute approximate surface area is 81.3 Å². The lowest BCUT2D eigenvalue weighted by Crippen LogP contribution is -1.91. The van der Waals surface area contributed by atoms with Crippen LogP contribution in [-0.4, -0.2) is 0 Å². The van der Waals surface area contributed by atoms with E-state index < -0.39 is 0 Å². The molecule has 0 heteroatoms. The van der Waals surface area contributed by atoms with Gasteiger partial charge in [0.15, 0.2) is 0 Å². The van der Waals surface area contributed by atoms with Crippen LogP contribution in [0.4, 0.5) is 0 Å². The van der Waals surface area contributed by atoms with Crippen LogP contribution >= 0.6 is 0 Å². The monoisotopic (exact) mass is 174 g/mol. The molecule has 0 spiro atoms. The van der Waals surface area contributed by atoms with E-state index in [1.807, 2.05) is 6.08 Å². The predicted molar refractivity (Wildman–Crippen MR) is 59.0 cm³/mol. The number of aryl methyl sites for hydroxylation is 1. The molecule has 0 saturated heterocycles. The van der Waals surface area contributed by atoms with Crippen LogP contribution < -0.4 is 0 Å². The van der Waals surface area contributed by atoms with Crippen molar-refractivity contribution < 1.29 is 0 Å². The van der Waals surface area contributed by atoms with Crippen LogP contribution in [0.1, 0.15) is 37.3 Å². The van der Waals surface area contributed by atoms with Crippen molar-refractivity contribution in [1.82, 2.24) is 0 Å². The minimum atomic E-state index is 0.469. The van der Waals surface area contributed by atoms with Crippen LogP contribution in [0.5, 0.6) is 0 Å². The zero-order valence-electron chi connectivity index (χ0n) is 8.59. The average molecular weight is 174 g/mol. The van der Waals surface area contributed by atoms with E-state index in [0.29, 0.717) is 5.92 Å². The summed E-state index contributed by atoms with van der Waals surface area (Å²) in [6.45, 7) is 8.20. The van der Waals surface area contributed by atoms with Crippen molar-refractivity contribution in [2.24, 2.45) is 0 Å². The normalized spacial score (nSPS) is 12.5. The summed E-state index contributed by atoms with van der Waals surface area (Å²) in [4.78, 5) is 0. The first-order chi connectivity index (χ1) is 6.27. The fraction of sp³-hybridized carbons (Fsp3) is 0.385. The highest BCUT2D eigenvalue weighted by Crippen LogP contribution is 2.17. The van der Waals surface area contributed by atoms with E-state index in [1.54, 1.807) is 0 Å². The Kier molecular flexibility index (Phi) is 3.75. The van der Waals surface area contributed by atoms with E-state index in [2.05, 4.69) is 44.7 Å². The lowest BCUT2D eigenvalue weighted by atomic mass is 9.98. The molecular formula is C13H18. The van der Waals surface area contributed by atoms with E-state index >= 15 is 0 Å². The summed E-state index contributed by atoms with van der Waals surface area (Å²) in [7, 11) is 0. The Morgan fingerprint density at radius 2 is 2.23 bits per heavy atom. The summed E-state index contributed by atoms with van der Waals surface area (Å²) in [5.41, 5.74) is 2.81. The van der Waals surface area contributed by atoms with Gasteiger partial charge in [-0.3, -0.25) is 0 Å². The molecule has 0 N–H and O–H groups in total. The van der Waals surface area contributed by atoms with Gasteiger partial charge in [0.05, 0.1) is 0 Å². The van der Waals surface area contributed by atoms with E-state index in [1.165, 1.54) is 24.0 Å². The van der Waals surface area contributed by atoms with Gasteiger partial charge in [0.2, 0.25) is 0 Å². The van der Waals surface area contributed by atoms with Crippen LogP contribution in [0.3, 0.4) is 0 Å². The Hall–Kier alpha value is -1.04. The molecule has 0 aromatic heterocycles. The van der Waals surface area contributed by atoms with E-state index in [4.69, 9.17) is 0 Å². The molecule has 70 valence electrons. The molecule has 0 aliphatic rings. The molecule has 0 saturated carbocycles. The van der Waals surface area contributed by atoms with Crippen molar-refractivity contribution >= 4 is 0 Å². The number of hydrogen-bond acceptors (Lipinski definition) is 0. The van der Waals surface area contributed by atoms with Crippen LogP contribution in [0, 0.1) is 0 Å². The molecule has 0 bridgehead atoms. The van der Waals surface area contributed by atoms with E-state index in [-0.39, 0.29) is 0 Å². The summed E-state index contributed by atoms with van der Waals surface area (Å²) >= 11 is 0. The van der Waals surface area contributed by atoms with Crippen molar-refractivity contribution in [3.63, 3.8) is 0 Å². The smallest absolute Gasteiger partial charge is 0.00130 e. The molecule has 1 aromatic carbocycles. The summed E-state index contributed by atoms with van der Waals surface area (Å²) in [5, 5.41) is 0. The quantitative estimate of drug-likeness (QED) is 0.607. The predicted octanol–water partition coefficient (Wildman–Crippen LogP) is 3.93. The minimum Gasteiger partial charge on any atom is -0.102 e. The Bertz CT molecular complexity index is 273. The standard InChI is InChI=1S/C13H18/c1-4-7-12-8-6-9-13(10-12)11(3)5-2/h5-6,8-11H,2,4,7H2,1,3H3. The molecule has 13 heavy (non-hydrogen) atoms. The fourth-order valence-electron chi connectivity index (χ4n) is 1.46. The lowest BCUT2D eigenvalue weighted by Gasteiger charge is -2.07. The lowest BCUT2D eigenvalue weighted by molar-refractivity contribution is 0.906. The first-order valence-electron chi connectivity index (χ1n) is 4.99. The van der Waals surface area contributed by atoms with Crippen molar-refractivity contribution in [2.45, 2.75) is 32.6 Å². The molecule has 0 amide bonds. The first-order valence-corrected chi connectivity index (χ1v) is 4.99. The number of allylic oxidation sites excluding steroid dienone is 1. The van der Waals surface area contributed by atoms with Crippen molar-refractivity contribution in [1.29, 1.82) is 0 Å². The first kappa shape index (κ1) is 10.0. The SMILES string of the molecule is C=CC(C)c1cccc(CCC)c1. The third-order valence-corrected chi connectivity index (χ3v) is 2.37. The summed E-state index contributed by atoms with van der Waals surface area (Å²) in [6.07, 6.45) is 4.38. The van der Waals surface area contributed by atoms with Gasteiger partial charge in [-0.1, -0.05) is 50.6 Å². The minimum absolute atomic E-state index is 0.469. The maximum absolute atomic E-state index is 3.81. The van der Waals surface area contributed by atoms with Crippen LogP contribution in [0.25, 0.3) is 0 Å². The maximum atomic E-state index is 3.81. The zero-order chi connectivity index (χ0) is 9.68. The van der Waals surface area contributed by atoms with Gasteiger partial charge in [0.25, 0.3) is 0 Å². The Balaban J connectivity index is 2.84. The van der Waals surface area contributed by atoms with Gasteiger partial charge in [0, 0.05) is 0 Å². The Morgan fingerprint density at radius 3 is 2.85 bits per heavy atom. The fourth-order valence-corrected chi connectivity index (χ4v) is 1.46. The number of rotatable bonds is 4. The molecule has 0 fully saturated rings. The third-order valence-electron chi connectivity index (χ3n) is 2.37. The molecule has 1 rings (SSSR count). The topological polar surface area (TPSA) is 0 Å². The summed E-state index contributed by atoms with van der Waals surface area (Å²) in [5.74, 6) is 0.469. The molecule has 0 aliphatic carbocycles. The van der Waals surface area contributed by atoms with Gasteiger partial charge < -0.3 is 0 Å². The molecule has 0 radical (unpaired) electrons. The molecule has 0 nitrogen and oxygen atoms in total. The molecule has 1 aromatic rings. The number of benzene rings is 1. The molecule has 0 heterocycles. The van der Waals surface area contributed by atoms with Crippen LogP contribution in [0.15, 0.2) is 36.9 Å². The summed E-state index contributed by atoms with van der Waals surface area (Å²) in [6, 6.07) is 8.80. The van der Waals surface area contributed by atoms with Crippen molar-refractivity contribution in [3.05, 3.63) is 48.0 Å². The van der Waals surface area contributed by atoms with Crippen LogP contribution in [0.2, 0.25) is 0 Å². The molecule has 0 aliphatic heterocycles. The second-order valence-electron chi connectivity index (χ2n) is 3.52. The van der Waals surface area contributed by atoms with E-state index in [0.717, 1.165) is 0 Å². The highest BCUT2D eigenvalue weighted by Gasteiger charge is 2.00. The molecule has 1 atom stereocenters. The average Bonchev–Trinajstić information content (AvgIpc) is 2.18. The molecule has 1 unspecified atom stereocenters. The second kappa shape index (κ2) is 4.86. The maximum Gasteiger partial charge on any atom is -0.00130 e. The van der Waals surface area contributed by atoms with Gasteiger partial charge in [0.1, 0.15) is 0 Å². The Morgan fingerprint density at radius 1 is 1.46 bits per heavy atom. The highest BCUT2D eigenvalue weighted by molar-refractivity contribution is 5.28. The van der Waals surface area contributed by atoms with Crippen molar-refractivity contribution in [2.75, 3.05) is 0 Å². The van der Waals surface area contributed by atoms with Gasteiger partial charge >= 0.3 is 0 Å². The number of hydrogen-bond donors (Lipinski definition) is 0. The third kappa shape index (κ3) is 2.73. The van der Waals surface area contributed by atoms with Gasteiger partial charge in [-0.15, -0.1) is 6.58 Å². The zero-order valence-corrected chi connectivity index (χ0v) is 8.59. The molecular weight excluding hydrogens is 156 g/mol. The van der Waals surface area contributed by atoms with Gasteiger partial charge in [-0.25, -0.2) is 0 Å². The summed E-state index contributed by atoms with van der Waals surface area (Å²) < 4.78 is 0. The van der Waals surface area contributed by atoms with Crippen molar-refractivity contribution in [3.8, 4) is 0 Å². The highest BCUT2D eigenvalue weighted by atomic mass is 14.1. The van der Waals surface area contributed by atoms with Gasteiger partial charge in [-0.05, 0) is 23.5 Å². The largest absolute Gasteiger partial charge is 0.102 e. The second-order valence-corrected chi connectivity index (χ2v) is 3.52. The van der Waals surface area contributed by atoms with Crippen LogP contribution in [-0.2, 0) is 6.42 Å². The van der Waals surface area contributed by atoms with Gasteiger partial charge in [-0.2, -0.15) is 0 Å². The van der Waals surface area contributed by atoms with E-state index in [9.17, 15) is 0 Å².